The van der Waals surface area contributed by atoms with E-state index in [-0.39, 0.29) is 36.4 Å². The molecule has 1 heterocycles. The molecule has 1 saturated heterocycles. The van der Waals surface area contributed by atoms with Crippen molar-refractivity contribution < 1.29 is 27.4 Å². The van der Waals surface area contributed by atoms with Crippen LogP contribution in [-0.2, 0) is 19.6 Å². The summed E-state index contributed by atoms with van der Waals surface area (Å²) in [7, 11) is -2.44. The van der Waals surface area contributed by atoms with Crippen molar-refractivity contribution in [1.82, 2.24) is 4.31 Å². The molecule has 1 fully saturated rings. The lowest BCUT2D eigenvalue weighted by Crippen LogP contribution is -2.40. The van der Waals surface area contributed by atoms with Gasteiger partial charge in [0.15, 0.2) is 0 Å². The number of rotatable bonds is 9. The average Bonchev–Trinajstić information content (AvgIpc) is 2.83. The maximum Gasteiger partial charge on any atom is 0.246 e. The van der Waals surface area contributed by atoms with Gasteiger partial charge in [-0.15, -0.1) is 0 Å². The number of morpholine rings is 1. The third kappa shape index (κ3) is 6.17. The van der Waals surface area contributed by atoms with Gasteiger partial charge in [0.25, 0.3) is 0 Å². The Kier molecular flexibility index (Phi) is 8.33. The minimum absolute atomic E-state index is 0.0306. The van der Waals surface area contributed by atoms with Gasteiger partial charge in [0.05, 0.1) is 50.3 Å². The lowest BCUT2D eigenvalue weighted by atomic mass is 10.2. The van der Waals surface area contributed by atoms with Crippen LogP contribution in [0.1, 0.15) is 19.4 Å². The minimum Gasteiger partial charge on any atom is -0.495 e. The van der Waals surface area contributed by atoms with Crippen molar-refractivity contribution in [2.75, 3.05) is 50.6 Å². The van der Waals surface area contributed by atoms with Crippen LogP contribution in [0.3, 0.4) is 0 Å². The van der Waals surface area contributed by atoms with Crippen LogP contribution >= 0.6 is 0 Å². The molecule has 0 saturated carbocycles. The summed E-state index contributed by atoms with van der Waals surface area (Å²) < 4.78 is 43.8. The van der Waals surface area contributed by atoms with Crippen LogP contribution in [0.4, 0.5) is 11.4 Å². The highest BCUT2D eigenvalue weighted by molar-refractivity contribution is 7.89. The zero-order valence-corrected chi connectivity index (χ0v) is 20.1. The molecule has 3 rings (SSSR count). The molecule has 2 N–H and O–H groups in total. The second kappa shape index (κ2) is 11.2. The summed E-state index contributed by atoms with van der Waals surface area (Å²) in [5.74, 6) is 0.300. The Hall–Kier alpha value is -3.33. The molecule has 1 amide bonds. The van der Waals surface area contributed by atoms with Gasteiger partial charge >= 0.3 is 0 Å². The fraction of sp³-hybridized carbons (Fsp3) is 0.391. The van der Waals surface area contributed by atoms with Crippen molar-refractivity contribution in [2.24, 2.45) is 0 Å². The Balaban J connectivity index is 1.75. The first-order valence-electron chi connectivity index (χ1n) is 10.7. The quantitative estimate of drug-likeness (QED) is 0.550. The van der Waals surface area contributed by atoms with Gasteiger partial charge in [0.2, 0.25) is 15.9 Å². The molecule has 1 aliphatic heterocycles. The number of nitrogens with zero attached hydrogens (tertiary/aromatic N) is 2. The number of benzene rings is 2. The number of carbonyl (C=O) groups is 1. The van der Waals surface area contributed by atoms with E-state index in [1.165, 1.54) is 23.5 Å². The number of nitrogens with one attached hydrogen (secondary N) is 2. The molecule has 0 radical (unpaired) electrons. The highest BCUT2D eigenvalue weighted by Gasteiger charge is 2.29. The topological polar surface area (TPSA) is 130 Å². The van der Waals surface area contributed by atoms with Crippen molar-refractivity contribution in [3.05, 3.63) is 42.0 Å². The zero-order valence-electron chi connectivity index (χ0n) is 19.3. The second-order valence-electron chi connectivity index (χ2n) is 7.77. The van der Waals surface area contributed by atoms with Gasteiger partial charge in [-0.3, -0.25) is 4.79 Å². The first kappa shape index (κ1) is 25.3. The molecule has 2 aromatic carbocycles. The summed E-state index contributed by atoms with van der Waals surface area (Å²) in [6.07, 6.45) is -0.0894. The van der Waals surface area contributed by atoms with Crippen molar-refractivity contribution >= 4 is 27.3 Å². The van der Waals surface area contributed by atoms with E-state index in [1.807, 2.05) is 13.8 Å². The molecular weight excluding hydrogens is 460 g/mol. The summed E-state index contributed by atoms with van der Waals surface area (Å²) in [4.78, 5) is 12.6. The second-order valence-corrected chi connectivity index (χ2v) is 9.68. The van der Waals surface area contributed by atoms with Crippen molar-refractivity contribution in [2.45, 2.75) is 24.8 Å². The zero-order chi connectivity index (χ0) is 24.7. The van der Waals surface area contributed by atoms with Crippen LogP contribution in [0.2, 0.25) is 0 Å². The van der Waals surface area contributed by atoms with E-state index in [2.05, 4.69) is 16.7 Å². The Morgan fingerprint density at radius 2 is 1.88 bits per heavy atom. The van der Waals surface area contributed by atoms with Gasteiger partial charge in [-0.2, -0.15) is 9.57 Å². The maximum absolute atomic E-state index is 13.1. The SMILES string of the molecule is COc1ccc(NC(=O)CNc2cc(C#N)ccc2OC(C)C)cc1S(=O)(=O)N1CCOCC1. The molecule has 2 aromatic rings. The van der Waals surface area contributed by atoms with Gasteiger partial charge in [-0.1, -0.05) is 0 Å². The van der Waals surface area contributed by atoms with Crippen LogP contribution < -0.4 is 20.1 Å². The van der Waals surface area contributed by atoms with Crippen molar-refractivity contribution in [3.8, 4) is 17.6 Å². The summed E-state index contributed by atoms with van der Waals surface area (Å²) in [6.45, 7) is 4.75. The third-order valence-electron chi connectivity index (χ3n) is 4.95. The van der Waals surface area contributed by atoms with Crippen molar-refractivity contribution in [3.63, 3.8) is 0 Å². The van der Waals surface area contributed by atoms with Gasteiger partial charge in [-0.05, 0) is 50.2 Å². The summed E-state index contributed by atoms with van der Waals surface area (Å²) >= 11 is 0. The van der Waals surface area contributed by atoms with Crippen LogP contribution in [0.25, 0.3) is 0 Å². The fourth-order valence-electron chi connectivity index (χ4n) is 3.36. The molecule has 0 bridgehead atoms. The Morgan fingerprint density at radius 1 is 1.18 bits per heavy atom. The number of anilines is 2. The smallest absolute Gasteiger partial charge is 0.246 e. The lowest BCUT2D eigenvalue weighted by Gasteiger charge is -2.26. The maximum atomic E-state index is 13.1. The van der Waals surface area contributed by atoms with E-state index in [0.717, 1.165) is 0 Å². The normalized spacial score (nSPS) is 14.3. The molecule has 1 aliphatic rings. The Labute approximate surface area is 199 Å². The number of hydrogen-bond acceptors (Lipinski definition) is 8. The number of methoxy groups -OCH3 is 1. The highest BCUT2D eigenvalue weighted by Crippen LogP contribution is 2.30. The first-order chi connectivity index (χ1) is 16.2. The number of sulfonamides is 1. The third-order valence-corrected chi connectivity index (χ3v) is 6.87. The number of ether oxygens (including phenoxy) is 3. The lowest BCUT2D eigenvalue weighted by molar-refractivity contribution is -0.114. The van der Waals surface area contributed by atoms with Gasteiger partial charge in [0, 0.05) is 18.8 Å². The molecule has 11 heteroatoms. The summed E-state index contributed by atoms with van der Waals surface area (Å²) in [5, 5.41) is 14.8. The highest BCUT2D eigenvalue weighted by atomic mass is 32.2. The predicted octanol–water partition coefficient (Wildman–Crippen LogP) is 2.43. The summed E-state index contributed by atoms with van der Waals surface area (Å²) in [5.41, 5.74) is 1.24. The number of carbonyl (C=O) groups excluding carboxylic acids is 1. The van der Waals surface area contributed by atoms with Crippen LogP contribution in [0.5, 0.6) is 11.5 Å². The largest absolute Gasteiger partial charge is 0.495 e. The molecule has 0 aromatic heterocycles. The molecule has 0 spiro atoms. The van der Waals surface area contributed by atoms with E-state index < -0.39 is 15.9 Å². The van der Waals surface area contributed by atoms with Crippen LogP contribution in [-0.4, -0.2) is 64.7 Å². The van der Waals surface area contributed by atoms with Crippen LogP contribution in [0, 0.1) is 11.3 Å². The standard InChI is InChI=1S/C23H28N4O6S/c1-16(2)33-20-6-4-17(14-24)12-19(20)25-15-23(28)26-18-5-7-21(31-3)22(13-18)34(29,30)27-8-10-32-11-9-27/h4-7,12-13,16,25H,8-11,15H2,1-3H3,(H,26,28). The van der Waals surface area contributed by atoms with E-state index >= 15 is 0 Å². The number of nitriles is 1. The predicted molar refractivity (Wildman–Crippen MR) is 127 cm³/mol. The van der Waals surface area contributed by atoms with Gasteiger partial charge < -0.3 is 24.8 Å². The minimum atomic E-state index is -3.83. The van der Waals surface area contributed by atoms with E-state index in [9.17, 15) is 13.2 Å². The van der Waals surface area contributed by atoms with Gasteiger partial charge in [0.1, 0.15) is 16.4 Å². The molecule has 0 atom stereocenters. The van der Waals surface area contributed by atoms with E-state index in [1.54, 1.807) is 24.3 Å². The average molecular weight is 489 g/mol. The monoisotopic (exact) mass is 488 g/mol. The van der Waals surface area contributed by atoms with E-state index in [0.29, 0.717) is 35.9 Å². The summed E-state index contributed by atoms with van der Waals surface area (Å²) in [6, 6.07) is 11.4. The van der Waals surface area contributed by atoms with Crippen LogP contribution in [0.15, 0.2) is 41.3 Å². The van der Waals surface area contributed by atoms with Crippen molar-refractivity contribution in [1.29, 1.82) is 5.26 Å². The number of amides is 1. The number of hydrogen-bond donors (Lipinski definition) is 2. The Morgan fingerprint density at radius 3 is 2.53 bits per heavy atom. The molecule has 34 heavy (non-hydrogen) atoms. The first-order valence-corrected chi connectivity index (χ1v) is 12.2. The molecule has 0 aliphatic carbocycles. The Bertz CT molecular complexity index is 1170. The molecule has 182 valence electrons. The van der Waals surface area contributed by atoms with E-state index in [4.69, 9.17) is 19.5 Å². The fourth-order valence-corrected chi connectivity index (χ4v) is 4.95. The molecule has 0 unspecified atom stereocenters. The molecular formula is C23H28N4O6S. The van der Waals surface area contributed by atoms with Gasteiger partial charge in [-0.25, -0.2) is 8.42 Å². The molecule has 10 nitrogen and oxygen atoms in total.